The van der Waals surface area contributed by atoms with E-state index in [-0.39, 0.29) is 22.2 Å². The first kappa shape index (κ1) is 18.6. The van der Waals surface area contributed by atoms with Crippen LogP contribution in [-0.2, 0) is 10.0 Å². The molecule has 0 aliphatic heterocycles. The summed E-state index contributed by atoms with van der Waals surface area (Å²) in [4.78, 5) is 0.0952. The van der Waals surface area contributed by atoms with Crippen molar-refractivity contribution in [2.24, 2.45) is 0 Å². The van der Waals surface area contributed by atoms with Crippen molar-refractivity contribution in [1.82, 2.24) is 10.2 Å². The lowest BCUT2D eigenvalue weighted by Crippen LogP contribution is -2.15. The van der Waals surface area contributed by atoms with Crippen molar-refractivity contribution in [3.8, 4) is 0 Å². The molecule has 2 aromatic carbocycles. The summed E-state index contributed by atoms with van der Waals surface area (Å²) in [6.45, 7) is 1.66. The number of aryl methyl sites for hydroxylation is 1. The van der Waals surface area contributed by atoms with Crippen LogP contribution in [-0.4, -0.2) is 18.6 Å². The van der Waals surface area contributed by atoms with Crippen molar-refractivity contribution in [3.63, 3.8) is 0 Å². The fourth-order valence-electron chi connectivity index (χ4n) is 2.26. The van der Waals surface area contributed by atoms with Crippen molar-refractivity contribution in [3.05, 3.63) is 71.5 Å². The van der Waals surface area contributed by atoms with Gasteiger partial charge in [-0.15, -0.1) is 10.2 Å². The molecule has 2 N–H and O–H groups in total. The number of sulfonamides is 1. The summed E-state index contributed by atoms with van der Waals surface area (Å²) >= 11 is 0. The quantitative estimate of drug-likeness (QED) is 0.644. The number of anilines is 3. The zero-order valence-corrected chi connectivity index (χ0v) is 14.7. The summed E-state index contributed by atoms with van der Waals surface area (Å²) in [5.74, 6) is -4.38. The molecule has 0 saturated carbocycles. The molecule has 3 aromatic rings. The normalized spacial score (nSPS) is 11.3. The zero-order chi connectivity index (χ0) is 19.6. The number of nitrogens with one attached hydrogen (secondary N) is 2. The van der Waals surface area contributed by atoms with E-state index < -0.39 is 27.5 Å². The Morgan fingerprint density at radius 3 is 2.19 bits per heavy atom. The van der Waals surface area contributed by atoms with Crippen LogP contribution >= 0.6 is 0 Å². The van der Waals surface area contributed by atoms with E-state index in [1.165, 1.54) is 18.2 Å². The van der Waals surface area contributed by atoms with Crippen LogP contribution in [0.5, 0.6) is 0 Å². The minimum Gasteiger partial charge on any atom is -0.336 e. The van der Waals surface area contributed by atoms with Crippen LogP contribution in [0.1, 0.15) is 5.56 Å². The topological polar surface area (TPSA) is 84.0 Å². The molecule has 6 nitrogen and oxygen atoms in total. The lowest BCUT2D eigenvalue weighted by molar-refractivity contribution is 0.449. The molecule has 140 valence electrons. The maximum Gasteiger partial charge on any atom is 0.263 e. The van der Waals surface area contributed by atoms with Crippen molar-refractivity contribution in [2.75, 3.05) is 10.0 Å². The highest BCUT2D eigenvalue weighted by Gasteiger charge is 2.18. The van der Waals surface area contributed by atoms with Gasteiger partial charge in [-0.3, -0.25) is 4.72 Å². The minimum absolute atomic E-state index is 0.0127. The monoisotopic (exact) mass is 394 g/mol. The first-order valence-corrected chi connectivity index (χ1v) is 9.09. The number of hydrogen-bond acceptors (Lipinski definition) is 5. The van der Waals surface area contributed by atoms with E-state index in [0.717, 1.165) is 12.1 Å². The molecule has 0 unspecified atom stereocenters. The highest BCUT2D eigenvalue weighted by Crippen LogP contribution is 2.23. The highest BCUT2D eigenvalue weighted by molar-refractivity contribution is 7.92. The van der Waals surface area contributed by atoms with Gasteiger partial charge >= 0.3 is 0 Å². The maximum absolute atomic E-state index is 13.7. The summed E-state index contributed by atoms with van der Waals surface area (Å²) in [5.41, 5.74) is 0.224. The van der Waals surface area contributed by atoms with E-state index in [1.54, 1.807) is 25.1 Å². The van der Waals surface area contributed by atoms with Crippen LogP contribution < -0.4 is 10.0 Å². The third-order valence-corrected chi connectivity index (χ3v) is 5.10. The average molecular weight is 394 g/mol. The van der Waals surface area contributed by atoms with Gasteiger partial charge in [0.15, 0.2) is 29.1 Å². The smallest absolute Gasteiger partial charge is 0.263 e. The molecule has 10 heteroatoms. The van der Waals surface area contributed by atoms with Gasteiger partial charge in [0, 0.05) is 0 Å². The zero-order valence-electron chi connectivity index (χ0n) is 13.9. The molecule has 0 spiro atoms. The Bertz CT molecular complexity index is 1090. The van der Waals surface area contributed by atoms with Crippen LogP contribution in [0.25, 0.3) is 0 Å². The van der Waals surface area contributed by atoms with Crippen LogP contribution in [0.3, 0.4) is 0 Å². The van der Waals surface area contributed by atoms with E-state index in [4.69, 9.17) is 0 Å². The molecule has 0 bridgehead atoms. The Kier molecular flexibility index (Phi) is 5.00. The third-order valence-electron chi connectivity index (χ3n) is 3.58. The second kappa shape index (κ2) is 7.23. The SMILES string of the molecule is Cc1ccccc1S(=O)(=O)Nc1ccc(Nc2ccc(F)c(F)c2F)nn1. The van der Waals surface area contributed by atoms with Crippen LogP contribution in [0.2, 0.25) is 0 Å². The Morgan fingerprint density at radius 1 is 0.852 bits per heavy atom. The van der Waals surface area contributed by atoms with E-state index in [2.05, 4.69) is 20.2 Å². The third kappa shape index (κ3) is 4.00. The second-order valence-corrected chi connectivity index (χ2v) is 7.17. The second-order valence-electron chi connectivity index (χ2n) is 5.52. The van der Waals surface area contributed by atoms with Crippen molar-refractivity contribution in [2.45, 2.75) is 11.8 Å². The largest absolute Gasteiger partial charge is 0.336 e. The van der Waals surface area contributed by atoms with Crippen molar-refractivity contribution < 1.29 is 21.6 Å². The minimum atomic E-state index is -3.86. The maximum atomic E-state index is 13.7. The molecule has 0 aliphatic carbocycles. The average Bonchev–Trinajstić information content (AvgIpc) is 2.64. The molecular formula is C17H13F3N4O2S. The fourth-order valence-corrected chi connectivity index (χ4v) is 3.51. The van der Waals surface area contributed by atoms with Gasteiger partial charge in [-0.2, -0.15) is 0 Å². The molecular weight excluding hydrogens is 381 g/mol. The standard InChI is InChI=1S/C17H13F3N4O2S/c1-10-4-2-3-5-13(10)27(25,26)24-15-9-8-14(22-23-15)21-12-7-6-11(18)16(19)17(12)20/h2-9H,1H3,(H,21,22)(H,23,24). The van der Waals surface area contributed by atoms with Gasteiger partial charge in [0.25, 0.3) is 10.0 Å². The highest BCUT2D eigenvalue weighted by atomic mass is 32.2. The van der Waals surface area contributed by atoms with Crippen molar-refractivity contribution in [1.29, 1.82) is 0 Å². The van der Waals surface area contributed by atoms with Gasteiger partial charge in [-0.05, 0) is 42.8 Å². The fraction of sp³-hybridized carbons (Fsp3) is 0.0588. The van der Waals surface area contributed by atoms with E-state index in [9.17, 15) is 21.6 Å². The van der Waals surface area contributed by atoms with Crippen LogP contribution in [0.15, 0.2) is 53.4 Å². The van der Waals surface area contributed by atoms with Crippen molar-refractivity contribution >= 4 is 27.3 Å². The first-order chi connectivity index (χ1) is 12.8. The number of rotatable bonds is 5. The summed E-state index contributed by atoms with van der Waals surface area (Å²) in [7, 11) is -3.86. The number of halogens is 3. The van der Waals surface area contributed by atoms with Gasteiger partial charge in [-0.1, -0.05) is 18.2 Å². The molecule has 1 heterocycles. The predicted octanol–water partition coefficient (Wildman–Crippen LogP) is 3.75. The summed E-state index contributed by atoms with van der Waals surface area (Å²) < 4.78 is 66.9. The summed E-state index contributed by atoms with van der Waals surface area (Å²) in [6, 6.07) is 10.8. The Hall–Kier alpha value is -3.14. The first-order valence-electron chi connectivity index (χ1n) is 7.60. The van der Waals surface area contributed by atoms with Crippen LogP contribution in [0, 0.1) is 24.4 Å². The van der Waals surface area contributed by atoms with Gasteiger partial charge < -0.3 is 5.32 Å². The van der Waals surface area contributed by atoms with E-state index >= 15 is 0 Å². The lowest BCUT2D eigenvalue weighted by Gasteiger charge is -2.10. The molecule has 0 fully saturated rings. The molecule has 0 saturated heterocycles. The number of benzene rings is 2. The molecule has 1 aromatic heterocycles. The molecule has 3 rings (SSSR count). The Morgan fingerprint density at radius 2 is 1.52 bits per heavy atom. The van der Waals surface area contributed by atoms with E-state index in [1.807, 2.05) is 0 Å². The Labute approximate surface area is 153 Å². The summed E-state index contributed by atoms with van der Waals surface area (Å²) in [6.07, 6.45) is 0. The number of hydrogen-bond donors (Lipinski definition) is 2. The van der Waals surface area contributed by atoms with Gasteiger partial charge in [0.1, 0.15) is 0 Å². The molecule has 0 radical (unpaired) electrons. The van der Waals surface area contributed by atoms with Gasteiger partial charge in [0.2, 0.25) is 0 Å². The molecule has 0 atom stereocenters. The molecule has 27 heavy (non-hydrogen) atoms. The van der Waals surface area contributed by atoms with E-state index in [0.29, 0.717) is 5.56 Å². The van der Waals surface area contributed by atoms with Gasteiger partial charge in [-0.25, -0.2) is 21.6 Å². The molecule has 0 amide bonds. The number of nitrogens with zero attached hydrogens (tertiary/aromatic N) is 2. The lowest BCUT2D eigenvalue weighted by atomic mass is 10.2. The Balaban J connectivity index is 1.78. The number of aromatic nitrogens is 2. The molecule has 0 aliphatic rings. The van der Waals surface area contributed by atoms with Gasteiger partial charge in [0.05, 0.1) is 10.6 Å². The summed E-state index contributed by atoms with van der Waals surface area (Å²) in [5, 5.41) is 9.83. The predicted molar refractivity (Wildman–Crippen MR) is 93.6 cm³/mol. The van der Waals surface area contributed by atoms with Crippen LogP contribution in [0.4, 0.5) is 30.5 Å².